The zero-order valence-corrected chi connectivity index (χ0v) is 17.3. The Hall–Kier alpha value is -4.19. The Morgan fingerprint density at radius 2 is 1.42 bits per heavy atom. The van der Waals surface area contributed by atoms with Gasteiger partial charge >= 0.3 is 0 Å². The molecule has 0 fully saturated rings. The van der Waals surface area contributed by atoms with Gasteiger partial charge in [0.1, 0.15) is 5.82 Å². The molecule has 1 aromatic heterocycles. The summed E-state index contributed by atoms with van der Waals surface area (Å²) in [5.41, 5.74) is 4.63. The monoisotopic (exact) mass is 410 g/mol. The summed E-state index contributed by atoms with van der Waals surface area (Å²) in [4.78, 5) is 24.4. The second-order valence-electron chi connectivity index (χ2n) is 7.14. The molecule has 6 heteroatoms. The van der Waals surface area contributed by atoms with E-state index in [4.69, 9.17) is 0 Å². The van der Waals surface area contributed by atoms with E-state index in [9.17, 15) is 9.59 Å². The second kappa shape index (κ2) is 8.67. The third-order valence-corrected chi connectivity index (χ3v) is 4.82. The van der Waals surface area contributed by atoms with Gasteiger partial charge in [0, 0.05) is 23.7 Å². The molecule has 2 N–H and O–H groups in total. The summed E-state index contributed by atoms with van der Waals surface area (Å²) in [5.74, 6) is 0.219. The highest BCUT2D eigenvalue weighted by molar-refractivity contribution is 6.04. The lowest BCUT2D eigenvalue weighted by molar-refractivity contribution is -0.114. The Labute approximate surface area is 180 Å². The van der Waals surface area contributed by atoms with Crippen LogP contribution in [0.15, 0.2) is 84.9 Å². The van der Waals surface area contributed by atoms with Gasteiger partial charge in [0.2, 0.25) is 5.91 Å². The van der Waals surface area contributed by atoms with Crippen LogP contribution in [0.25, 0.3) is 16.8 Å². The standard InChI is InChI=1S/C25H22N4O2/c1-17-23(19-9-5-3-6-10-19)24(26-18(2)30)29(28-17)22-15-13-20(14-16-22)25(31)27-21-11-7-4-8-12-21/h3-16H,1-2H3,(H,26,30)(H,27,31). The number of nitrogens with one attached hydrogen (secondary N) is 2. The van der Waals surface area contributed by atoms with Gasteiger partial charge in [-0.1, -0.05) is 48.5 Å². The first-order valence-electron chi connectivity index (χ1n) is 9.92. The lowest BCUT2D eigenvalue weighted by Gasteiger charge is -2.11. The van der Waals surface area contributed by atoms with E-state index in [1.54, 1.807) is 16.8 Å². The summed E-state index contributed by atoms with van der Waals surface area (Å²) in [7, 11) is 0. The minimum atomic E-state index is -0.193. The van der Waals surface area contributed by atoms with Crippen molar-refractivity contribution in [2.75, 3.05) is 10.6 Å². The molecule has 6 nitrogen and oxygen atoms in total. The number of carbonyl (C=O) groups excluding carboxylic acids is 2. The van der Waals surface area contributed by atoms with Crippen LogP contribution < -0.4 is 10.6 Å². The molecule has 4 rings (SSSR count). The van der Waals surface area contributed by atoms with E-state index >= 15 is 0 Å². The molecule has 0 radical (unpaired) electrons. The molecule has 0 spiro atoms. The maximum atomic E-state index is 12.5. The van der Waals surface area contributed by atoms with Gasteiger partial charge in [-0.25, -0.2) is 4.68 Å². The zero-order chi connectivity index (χ0) is 21.8. The number of anilines is 2. The summed E-state index contributed by atoms with van der Waals surface area (Å²) in [6.07, 6.45) is 0. The number of hydrogen-bond acceptors (Lipinski definition) is 3. The summed E-state index contributed by atoms with van der Waals surface area (Å²) in [5, 5.41) is 10.4. The van der Waals surface area contributed by atoms with Gasteiger partial charge in [0.15, 0.2) is 0 Å². The van der Waals surface area contributed by atoms with Gasteiger partial charge in [-0.15, -0.1) is 0 Å². The van der Waals surface area contributed by atoms with Crippen molar-refractivity contribution in [2.24, 2.45) is 0 Å². The molecule has 0 saturated carbocycles. The van der Waals surface area contributed by atoms with Crippen LogP contribution in [0.5, 0.6) is 0 Å². The first kappa shape index (κ1) is 20.1. The van der Waals surface area contributed by atoms with E-state index in [-0.39, 0.29) is 11.8 Å². The molecular weight excluding hydrogens is 388 g/mol. The number of aromatic nitrogens is 2. The van der Waals surface area contributed by atoms with E-state index in [1.807, 2.05) is 79.7 Å². The van der Waals surface area contributed by atoms with Crippen molar-refractivity contribution in [1.29, 1.82) is 0 Å². The fraction of sp³-hybridized carbons (Fsp3) is 0.0800. The number of hydrogen-bond donors (Lipinski definition) is 2. The molecule has 31 heavy (non-hydrogen) atoms. The zero-order valence-electron chi connectivity index (χ0n) is 17.3. The first-order chi connectivity index (χ1) is 15.0. The molecule has 154 valence electrons. The highest BCUT2D eigenvalue weighted by atomic mass is 16.2. The van der Waals surface area contributed by atoms with Crippen molar-refractivity contribution in [3.05, 3.63) is 96.2 Å². The maximum Gasteiger partial charge on any atom is 0.255 e. The number of rotatable bonds is 5. The van der Waals surface area contributed by atoms with Crippen LogP contribution in [0.2, 0.25) is 0 Å². The second-order valence-corrected chi connectivity index (χ2v) is 7.14. The highest BCUT2D eigenvalue weighted by Crippen LogP contribution is 2.33. The molecule has 3 aromatic carbocycles. The van der Waals surface area contributed by atoms with Crippen LogP contribution in [0, 0.1) is 6.92 Å². The van der Waals surface area contributed by atoms with Crippen molar-refractivity contribution < 1.29 is 9.59 Å². The fourth-order valence-corrected chi connectivity index (χ4v) is 3.43. The van der Waals surface area contributed by atoms with Crippen LogP contribution >= 0.6 is 0 Å². The minimum absolute atomic E-state index is 0.183. The molecule has 1 heterocycles. The number of amides is 2. The summed E-state index contributed by atoms with van der Waals surface area (Å²) in [6, 6.07) is 26.2. The summed E-state index contributed by atoms with van der Waals surface area (Å²) < 4.78 is 1.69. The maximum absolute atomic E-state index is 12.5. The number of benzene rings is 3. The summed E-state index contributed by atoms with van der Waals surface area (Å²) >= 11 is 0. The molecule has 0 aliphatic carbocycles. The molecule has 0 aliphatic rings. The van der Waals surface area contributed by atoms with Crippen LogP contribution in [0.4, 0.5) is 11.5 Å². The largest absolute Gasteiger partial charge is 0.322 e. The SMILES string of the molecule is CC(=O)Nc1c(-c2ccccc2)c(C)nn1-c1ccc(C(=O)Nc2ccccc2)cc1. The molecule has 0 saturated heterocycles. The van der Waals surface area contributed by atoms with Crippen LogP contribution in [-0.4, -0.2) is 21.6 Å². The van der Waals surface area contributed by atoms with Gasteiger partial charge in [-0.05, 0) is 48.9 Å². The Bertz CT molecular complexity index is 1210. The van der Waals surface area contributed by atoms with Crippen LogP contribution in [-0.2, 0) is 4.79 Å². The predicted octanol–water partition coefficient (Wildman–Crippen LogP) is 5.06. The quantitative estimate of drug-likeness (QED) is 0.483. The topological polar surface area (TPSA) is 76.0 Å². The Kier molecular flexibility index (Phi) is 5.62. The predicted molar refractivity (Wildman–Crippen MR) is 122 cm³/mol. The van der Waals surface area contributed by atoms with Crippen LogP contribution in [0.1, 0.15) is 23.0 Å². The van der Waals surface area contributed by atoms with Crippen molar-refractivity contribution in [3.8, 4) is 16.8 Å². The molecular formula is C25H22N4O2. The highest BCUT2D eigenvalue weighted by Gasteiger charge is 2.19. The van der Waals surface area contributed by atoms with Gasteiger partial charge in [0.25, 0.3) is 5.91 Å². The van der Waals surface area contributed by atoms with E-state index in [0.29, 0.717) is 11.4 Å². The molecule has 2 amide bonds. The van der Waals surface area contributed by atoms with Gasteiger partial charge in [-0.3, -0.25) is 9.59 Å². The van der Waals surface area contributed by atoms with Crippen molar-refractivity contribution in [3.63, 3.8) is 0 Å². The third kappa shape index (κ3) is 4.38. The van der Waals surface area contributed by atoms with E-state index < -0.39 is 0 Å². The Morgan fingerprint density at radius 3 is 2.03 bits per heavy atom. The minimum Gasteiger partial charge on any atom is -0.322 e. The van der Waals surface area contributed by atoms with Gasteiger partial charge in [0.05, 0.1) is 11.4 Å². The molecule has 4 aromatic rings. The van der Waals surface area contributed by atoms with E-state index in [0.717, 1.165) is 28.2 Å². The number of para-hydroxylation sites is 1. The van der Waals surface area contributed by atoms with Crippen LogP contribution in [0.3, 0.4) is 0 Å². The summed E-state index contributed by atoms with van der Waals surface area (Å²) in [6.45, 7) is 3.38. The molecule has 0 atom stereocenters. The van der Waals surface area contributed by atoms with E-state index in [2.05, 4.69) is 15.7 Å². The van der Waals surface area contributed by atoms with Gasteiger partial charge in [-0.2, -0.15) is 5.10 Å². The molecule has 0 bridgehead atoms. The normalized spacial score (nSPS) is 10.5. The Balaban J connectivity index is 1.68. The molecule has 0 aliphatic heterocycles. The van der Waals surface area contributed by atoms with Crippen molar-refractivity contribution >= 4 is 23.3 Å². The number of carbonyl (C=O) groups is 2. The number of aryl methyl sites for hydroxylation is 1. The van der Waals surface area contributed by atoms with Crippen molar-refractivity contribution in [1.82, 2.24) is 9.78 Å². The fourth-order valence-electron chi connectivity index (χ4n) is 3.43. The smallest absolute Gasteiger partial charge is 0.255 e. The average Bonchev–Trinajstić information content (AvgIpc) is 3.10. The Morgan fingerprint density at radius 1 is 0.806 bits per heavy atom. The molecule has 0 unspecified atom stereocenters. The third-order valence-electron chi connectivity index (χ3n) is 4.82. The first-order valence-corrected chi connectivity index (χ1v) is 9.92. The van der Waals surface area contributed by atoms with E-state index in [1.165, 1.54) is 6.92 Å². The van der Waals surface area contributed by atoms with Gasteiger partial charge < -0.3 is 10.6 Å². The lowest BCUT2D eigenvalue weighted by Crippen LogP contribution is -2.13. The lowest BCUT2D eigenvalue weighted by atomic mass is 10.1. The average molecular weight is 410 g/mol. The number of nitrogens with zero attached hydrogens (tertiary/aromatic N) is 2. The van der Waals surface area contributed by atoms with Crippen molar-refractivity contribution in [2.45, 2.75) is 13.8 Å².